The van der Waals surface area contributed by atoms with Crippen molar-refractivity contribution < 1.29 is 14.3 Å². The van der Waals surface area contributed by atoms with Crippen molar-refractivity contribution in [3.63, 3.8) is 0 Å². The minimum absolute atomic E-state index is 0.0501. The van der Waals surface area contributed by atoms with Crippen LogP contribution in [0.5, 0.6) is 0 Å². The minimum Gasteiger partial charge on any atom is -0.446 e. The normalized spacial score (nSPS) is 19.3. The van der Waals surface area contributed by atoms with E-state index in [0.29, 0.717) is 34.1 Å². The quantitative estimate of drug-likeness (QED) is 0.584. The van der Waals surface area contributed by atoms with Gasteiger partial charge in [0.05, 0.1) is 22.8 Å². The number of nitrogens with zero attached hydrogens (tertiary/aromatic N) is 2. The summed E-state index contributed by atoms with van der Waals surface area (Å²) in [4.78, 5) is 28.5. The molecule has 1 fully saturated rings. The van der Waals surface area contributed by atoms with E-state index in [4.69, 9.17) is 16.3 Å². The van der Waals surface area contributed by atoms with Crippen LogP contribution in [0, 0.1) is 12.8 Å². The first-order valence-corrected chi connectivity index (χ1v) is 11.0. The van der Waals surface area contributed by atoms with Gasteiger partial charge in [-0.25, -0.2) is 4.79 Å². The topological polar surface area (TPSA) is 109 Å². The molecule has 0 bridgehead atoms. The predicted octanol–water partition coefficient (Wildman–Crippen LogP) is 4.35. The van der Waals surface area contributed by atoms with E-state index >= 15 is 0 Å². The molecule has 3 atom stereocenters. The third-order valence-corrected chi connectivity index (χ3v) is 5.96. The van der Waals surface area contributed by atoms with Crippen LogP contribution in [-0.2, 0) is 16.0 Å². The minimum atomic E-state index is -0.372. The van der Waals surface area contributed by atoms with Crippen molar-refractivity contribution in [2.45, 2.75) is 71.4 Å². The van der Waals surface area contributed by atoms with Gasteiger partial charge in [-0.3, -0.25) is 14.9 Å². The number of H-pyrrole nitrogens is 1. The van der Waals surface area contributed by atoms with Gasteiger partial charge < -0.3 is 15.4 Å². The molecule has 1 saturated carbocycles. The largest absolute Gasteiger partial charge is 0.446 e. The second-order valence-corrected chi connectivity index (χ2v) is 8.89. The fourth-order valence-corrected chi connectivity index (χ4v) is 4.02. The van der Waals surface area contributed by atoms with E-state index in [1.54, 1.807) is 19.1 Å². The van der Waals surface area contributed by atoms with Crippen molar-refractivity contribution in [3.8, 4) is 0 Å². The zero-order valence-corrected chi connectivity index (χ0v) is 19.1. The number of hydrogen-bond donors (Lipinski definition) is 3. The maximum Gasteiger partial charge on any atom is 0.407 e. The lowest BCUT2D eigenvalue weighted by Gasteiger charge is -2.21. The highest BCUT2D eigenvalue weighted by Crippen LogP contribution is 2.40. The Morgan fingerprint density at radius 1 is 1.29 bits per heavy atom. The number of nitrogens with one attached hydrogen (secondary N) is 3. The molecule has 1 aliphatic rings. The molecule has 0 spiro atoms. The fourth-order valence-electron chi connectivity index (χ4n) is 3.92. The van der Waals surface area contributed by atoms with E-state index in [1.807, 2.05) is 26.8 Å². The average molecular weight is 448 g/mol. The Balaban J connectivity index is 1.50. The molecule has 8 nitrogen and oxygen atoms in total. The first kappa shape index (κ1) is 23.1. The maximum atomic E-state index is 12.3. The van der Waals surface area contributed by atoms with Crippen LogP contribution in [0.15, 0.2) is 18.2 Å². The first-order valence-electron chi connectivity index (χ1n) is 10.7. The van der Waals surface area contributed by atoms with Crippen molar-refractivity contribution in [3.05, 3.63) is 40.3 Å². The molecule has 1 aliphatic carbocycles. The Morgan fingerprint density at radius 2 is 2.06 bits per heavy atom. The molecule has 0 saturated heterocycles. The van der Waals surface area contributed by atoms with Gasteiger partial charge in [-0.05, 0) is 65.0 Å². The van der Waals surface area contributed by atoms with Crippen molar-refractivity contribution in [1.29, 1.82) is 0 Å². The number of anilines is 1. The lowest BCUT2D eigenvalue weighted by molar-refractivity contribution is -0.115. The van der Waals surface area contributed by atoms with Gasteiger partial charge in [0.25, 0.3) is 0 Å². The Bertz CT molecular complexity index is 930. The van der Waals surface area contributed by atoms with E-state index < -0.39 is 0 Å². The van der Waals surface area contributed by atoms with Crippen LogP contribution >= 0.6 is 11.6 Å². The van der Waals surface area contributed by atoms with Gasteiger partial charge >= 0.3 is 6.09 Å². The summed E-state index contributed by atoms with van der Waals surface area (Å²) in [6, 6.07) is 5.41. The van der Waals surface area contributed by atoms with Crippen LogP contribution in [0.25, 0.3) is 0 Å². The summed E-state index contributed by atoms with van der Waals surface area (Å²) < 4.78 is 5.51. The molecule has 1 unspecified atom stereocenters. The second-order valence-electron chi connectivity index (χ2n) is 8.48. The van der Waals surface area contributed by atoms with Crippen LogP contribution in [0.2, 0.25) is 5.02 Å². The third kappa shape index (κ3) is 6.43. The lowest BCUT2D eigenvalue weighted by Crippen LogP contribution is -2.34. The number of amides is 2. The summed E-state index contributed by atoms with van der Waals surface area (Å²) in [7, 11) is 0. The van der Waals surface area contributed by atoms with Crippen LogP contribution in [0.1, 0.15) is 63.0 Å². The molecule has 3 rings (SSSR count). The van der Waals surface area contributed by atoms with Gasteiger partial charge in [0.2, 0.25) is 5.91 Å². The van der Waals surface area contributed by atoms with Gasteiger partial charge in [-0.15, -0.1) is 0 Å². The molecule has 0 aliphatic heterocycles. The fraction of sp³-hybridized carbons (Fsp3) is 0.545. The lowest BCUT2D eigenvalue weighted by atomic mass is 9.98. The first-order chi connectivity index (χ1) is 14.7. The molecule has 9 heteroatoms. The molecule has 0 radical (unpaired) electrons. The van der Waals surface area contributed by atoms with E-state index in [0.717, 1.165) is 25.0 Å². The summed E-state index contributed by atoms with van der Waals surface area (Å²) >= 11 is 5.98. The highest BCUT2D eigenvalue weighted by atomic mass is 35.5. The molecule has 3 N–H and O–H groups in total. The monoisotopic (exact) mass is 447 g/mol. The number of ether oxygens (including phenoxy) is 1. The molecule has 2 aromatic heterocycles. The highest BCUT2D eigenvalue weighted by Gasteiger charge is 2.32. The predicted molar refractivity (Wildman–Crippen MR) is 119 cm³/mol. The maximum absolute atomic E-state index is 12.3. The summed E-state index contributed by atoms with van der Waals surface area (Å²) in [5, 5.41) is 13.4. The molecule has 2 heterocycles. The number of hydrogen-bond acceptors (Lipinski definition) is 5. The molecule has 31 heavy (non-hydrogen) atoms. The van der Waals surface area contributed by atoms with Gasteiger partial charge in [0.15, 0.2) is 5.82 Å². The summed E-state index contributed by atoms with van der Waals surface area (Å²) in [5.41, 5.74) is 2.34. The van der Waals surface area contributed by atoms with Gasteiger partial charge in [-0.1, -0.05) is 11.6 Å². The zero-order valence-electron chi connectivity index (χ0n) is 18.4. The number of alkyl carbamates (subject to hydrolysis) is 1. The standard InChI is InChI=1S/C22H30ClN5O3/c1-12(2)24-22(30)31-14(4)15-5-6-16(9-15)19-11-20(28-27-19)26-21(29)10-17-7-8-18(23)13(3)25-17/h7-8,11-12,14-16H,5-6,9-10H2,1-4H3,(H,24,30)(H2,26,27,28,29)/t14?,15-,16+/m1/s1. The number of pyridine rings is 1. The van der Waals surface area contributed by atoms with Crippen molar-refractivity contribution >= 4 is 29.4 Å². The number of halogens is 1. The van der Waals surface area contributed by atoms with E-state index in [-0.39, 0.29) is 30.6 Å². The van der Waals surface area contributed by atoms with Gasteiger partial charge in [-0.2, -0.15) is 5.10 Å². The van der Waals surface area contributed by atoms with Crippen molar-refractivity contribution in [1.82, 2.24) is 20.5 Å². The molecule has 168 valence electrons. The molecule has 0 aromatic carbocycles. The molecular formula is C22H30ClN5O3. The smallest absolute Gasteiger partial charge is 0.407 e. The van der Waals surface area contributed by atoms with Gasteiger partial charge in [0, 0.05) is 23.7 Å². The van der Waals surface area contributed by atoms with Crippen molar-refractivity contribution in [2.75, 3.05) is 5.32 Å². The van der Waals surface area contributed by atoms with E-state index in [2.05, 4.69) is 25.8 Å². The van der Waals surface area contributed by atoms with Crippen LogP contribution in [0.4, 0.5) is 10.6 Å². The Labute approximate surface area is 187 Å². The average Bonchev–Trinajstić information content (AvgIpc) is 3.33. The summed E-state index contributed by atoms with van der Waals surface area (Å²) in [6.45, 7) is 7.55. The van der Waals surface area contributed by atoms with E-state index in [9.17, 15) is 9.59 Å². The number of carbonyl (C=O) groups is 2. The zero-order chi connectivity index (χ0) is 22.5. The number of aromatic nitrogens is 3. The number of rotatable bonds is 7. The molecule has 2 aromatic rings. The third-order valence-electron chi connectivity index (χ3n) is 5.56. The number of aryl methyl sites for hydroxylation is 1. The van der Waals surface area contributed by atoms with Crippen LogP contribution in [-0.4, -0.2) is 39.3 Å². The number of aromatic amines is 1. The molecular weight excluding hydrogens is 418 g/mol. The Morgan fingerprint density at radius 3 is 2.77 bits per heavy atom. The van der Waals surface area contributed by atoms with Crippen molar-refractivity contribution in [2.24, 2.45) is 5.92 Å². The van der Waals surface area contributed by atoms with Gasteiger partial charge in [0.1, 0.15) is 6.10 Å². The SMILES string of the molecule is Cc1nc(CC(=O)Nc2cc([C@H]3CC[C@@H](C(C)OC(=O)NC(C)C)C3)[nH]n2)ccc1Cl. The summed E-state index contributed by atoms with van der Waals surface area (Å²) in [5.74, 6) is 0.899. The second kappa shape index (κ2) is 10.1. The number of carbonyl (C=O) groups excluding carboxylic acids is 2. The summed E-state index contributed by atoms with van der Waals surface area (Å²) in [6.07, 6.45) is 2.49. The highest BCUT2D eigenvalue weighted by molar-refractivity contribution is 6.31. The molecule has 2 amide bonds. The Kier molecular flexibility index (Phi) is 7.54. The van der Waals surface area contributed by atoms with Crippen LogP contribution in [0.3, 0.4) is 0 Å². The van der Waals surface area contributed by atoms with Crippen LogP contribution < -0.4 is 10.6 Å². The Hall–Kier alpha value is -2.61. The van der Waals surface area contributed by atoms with E-state index in [1.165, 1.54) is 0 Å².